The molecule has 2 aliphatic rings. The molecule has 21 heteroatoms. The van der Waals surface area contributed by atoms with Crippen LogP contribution in [0, 0.1) is 0 Å². The van der Waals surface area contributed by atoms with Gasteiger partial charge in [-0.3, -0.25) is 24.5 Å². The Kier molecular flexibility index (Phi) is 10.1. The number of fused-ring (bicyclic) bond motifs is 1. The number of carbonyl (C=O) groups excluding carboxylic acids is 3. The normalized spacial score (nSPS) is 15.3. The van der Waals surface area contributed by atoms with Gasteiger partial charge in [0.2, 0.25) is 21.3 Å². The first-order valence-corrected chi connectivity index (χ1v) is 16.7. The predicted molar refractivity (Wildman–Crippen MR) is 177 cm³/mol. The standard InChI is InChI=1S/C29H27Cl2F3N10O5S/c1-2-19-21(41-7-9-42(10-8-41)25(48)23(46)37-27-39-38-26(31)50-27)24(47)44-28(36-22(40-44)15-5-11-49-12-6-15)43(19)14-20(45)35-18-4-3-16(13-17(18)30)29(32,33)34/h3-5,13H,2,6-12,14H2,1H3,(H,35,45)(H,37,39,46). The number of piperazine rings is 1. The average Bonchev–Trinajstić information content (AvgIpc) is 3.73. The molecule has 0 radical (unpaired) electrons. The van der Waals surface area contributed by atoms with Crippen molar-refractivity contribution in [2.75, 3.05) is 54.9 Å². The smallest absolute Gasteiger partial charge is 0.377 e. The molecule has 0 spiro atoms. The van der Waals surface area contributed by atoms with Gasteiger partial charge in [-0.2, -0.15) is 22.7 Å². The number of nitrogens with zero attached hydrogens (tertiary/aromatic N) is 8. The van der Waals surface area contributed by atoms with E-state index in [9.17, 15) is 32.3 Å². The largest absolute Gasteiger partial charge is 0.416 e. The lowest BCUT2D eigenvalue weighted by Gasteiger charge is -2.36. The Morgan fingerprint density at radius 3 is 2.46 bits per heavy atom. The van der Waals surface area contributed by atoms with Crippen molar-refractivity contribution in [2.45, 2.75) is 32.5 Å². The summed E-state index contributed by atoms with van der Waals surface area (Å²) in [6.07, 6.45) is -2.05. The number of aromatic nitrogens is 6. The van der Waals surface area contributed by atoms with E-state index in [4.69, 9.17) is 27.9 Å². The number of amides is 3. The van der Waals surface area contributed by atoms with Crippen LogP contribution in [0.1, 0.15) is 30.4 Å². The first-order chi connectivity index (χ1) is 23.8. The molecule has 2 N–H and O–H groups in total. The highest BCUT2D eigenvalue weighted by Crippen LogP contribution is 2.34. The SMILES string of the molecule is CCc1c(N2CCN(C(=O)C(=O)Nc3nnc(Cl)s3)CC2)c(=O)n2nc(C3=CCOCC3)nc2n1CC(=O)Nc1ccc(C(F)(F)F)cc1Cl. The maximum Gasteiger partial charge on any atom is 0.416 e. The average molecular weight is 756 g/mol. The van der Waals surface area contributed by atoms with Crippen LogP contribution in [0.3, 0.4) is 0 Å². The fourth-order valence-corrected chi connectivity index (χ4v) is 6.56. The molecular weight excluding hydrogens is 728 g/mol. The van der Waals surface area contributed by atoms with Crippen LogP contribution in [0.25, 0.3) is 11.4 Å². The number of rotatable bonds is 7. The Bertz CT molecular complexity index is 2070. The summed E-state index contributed by atoms with van der Waals surface area (Å²) in [5, 5.41) is 16.5. The lowest BCUT2D eigenvalue weighted by Crippen LogP contribution is -2.53. The van der Waals surface area contributed by atoms with Gasteiger partial charge in [-0.1, -0.05) is 35.9 Å². The summed E-state index contributed by atoms with van der Waals surface area (Å²) in [5.41, 5.74) is -0.0970. The number of nitrogens with one attached hydrogen (secondary N) is 2. The van der Waals surface area contributed by atoms with Gasteiger partial charge in [0, 0.05) is 26.2 Å². The molecule has 15 nitrogen and oxygen atoms in total. The Labute approximate surface area is 294 Å². The van der Waals surface area contributed by atoms with Crippen LogP contribution in [-0.4, -0.2) is 91.4 Å². The summed E-state index contributed by atoms with van der Waals surface area (Å²) in [4.78, 5) is 60.7. The second-order valence-electron chi connectivity index (χ2n) is 11.1. The fourth-order valence-electron chi connectivity index (χ4n) is 5.60. The summed E-state index contributed by atoms with van der Waals surface area (Å²) >= 11 is 12.7. The minimum Gasteiger partial charge on any atom is -0.377 e. The molecule has 6 rings (SSSR count). The van der Waals surface area contributed by atoms with E-state index in [-0.39, 0.29) is 70.2 Å². The number of hydrogen-bond donors (Lipinski definition) is 2. The van der Waals surface area contributed by atoms with Crippen molar-refractivity contribution in [2.24, 2.45) is 0 Å². The third-order valence-corrected chi connectivity index (χ3v) is 9.23. The molecule has 1 fully saturated rings. The molecule has 0 aliphatic carbocycles. The Hall–Kier alpha value is -4.59. The molecule has 0 unspecified atom stereocenters. The zero-order valence-corrected chi connectivity index (χ0v) is 28.4. The molecule has 2 aliphatic heterocycles. The third kappa shape index (κ3) is 7.30. The van der Waals surface area contributed by atoms with E-state index in [0.29, 0.717) is 25.3 Å². The quantitative estimate of drug-likeness (QED) is 0.267. The predicted octanol–water partition coefficient (Wildman–Crippen LogP) is 3.36. The van der Waals surface area contributed by atoms with Gasteiger partial charge >= 0.3 is 18.0 Å². The van der Waals surface area contributed by atoms with Gasteiger partial charge in [0.15, 0.2) is 5.82 Å². The van der Waals surface area contributed by atoms with Crippen LogP contribution >= 0.6 is 34.5 Å². The van der Waals surface area contributed by atoms with E-state index in [2.05, 4.69) is 30.9 Å². The maximum atomic E-state index is 14.1. The van der Waals surface area contributed by atoms with Crippen molar-refractivity contribution < 1.29 is 32.3 Å². The Morgan fingerprint density at radius 2 is 1.84 bits per heavy atom. The Morgan fingerprint density at radius 1 is 1.08 bits per heavy atom. The molecule has 3 amide bonds. The number of alkyl halides is 3. The number of benzene rings is 1. The lowest BCUT2D eigenvalue weighted by molar-refractivity contribution is -0.143. The van der Waals surface area contributed by atoms with E-state index >= 15 is 0 Å². The zero-order valence-electron chi connectivity index (χ0n) is 26.1. The van der Waals surface area contributed by atoms with Crippen molar-refractivity contribution in [1.29, 1.82) is 0 Å². The van der Waals surface area contributed by atoms with Crippen LogP contribution in [0.5, 0.6) is 0 Å². The summed E-state index contributed by atoms with van der Waals surface area (Å²) in [5.74, 6) is -2.01. The molecule has 264 valence electrons. The second kappa shape index (κ2) is 14.3. The third-order valence-electron chi connectivity index (χ3n) is 7.98. The number of halogens is 5. The molecule has 50 heavy (non-hydrogen) atoms. The summed E-state index contributed by atoms with van der Waals surface area (Å²) in [7, 11) is 0. The van der Waals surface area contributed by atoms with Gasteiger partial charge < -0.3 is 24.4 Å². The van der Waals surface area contributed by atoms with Gasteiger partial charge in [-0.25, -0.2) is 0 Å². The van der Waals surface area contributed by atoms with E-state index in [1.54, 1.807) is 17.9 Å². The van der Waals surface area contributed by atoms with Crippen molar-refractivity contribution in [3.63, 3.8) is 0 Å². The van der Waals surface area contributed by atoms with Crippen molar-refractivity contribution >= 4 is 80.1 Å². The highest BCUT2D eigenvalue weighted by atomic mass is 35.5. The molecule has 3 aromatic heterocycles. The van der Waals surface area contributed by atoms with Crippen molar-refractivity contribution in [3.8, 4) is 0 Å². The highest BCUT2D eigenvalue weighted by molar-refractivity contribution is 7.19. The van der Waals surface area contributed by atoms with E-state index in [1.165, 1.54) is 9.47 Å². The van der Waals surface area contributed by atoms with Crippen LogP contribution in [0.2, 0.25) is 9.49 Å². The van der Waals surface area contributed by atoms with Gasteiger partial charge in [0.05, 0.1) is 35.2 Å². The fraction of sp³-hybridized carbons (Fsp3) is 0.379. The monoisotopic (exact) mass is 754 g/mol. The Balaban J connectivity index is 1.30. The first kappa shape index (κ1) is 35.2. The van der Waals surface area contributed by atoms with Gasteiger partial charge in [0.1, 0.15) is 12.2 Å². The molecular formula is C29H27Cl2F3N10O5S. The highest BCUT2D eigenvalue weighted by Gasteiger charge is 2.33. The lowest BCUT2D eigenvalue weighted by atomic mass is 10.1. The van der Waals surface area contributed by atoms with E-state index < -0.39 is 41.6 Å². The molecule has 1 aromatic carbocycles. The molecule has 5 heterocycles. The first-order valence-electron chi connectivity index (χ1n) is 15.1. The van der Waals surface area contributed by atoms with Gasteiger partial charge in [0.25, 0.3) is 5.56 Å². The molecule has 1 saturated heterocycles. The van der Waals surface area contributed by atoms with E-state index in [0.717, 1.165) is 39.6 Å². The number of anilines is 3. The minimum absolute atomic E-state index is 0.0337. The maximum absolute atomic E-state index is 14.1. The van der Waals surface area contributed by atoms with Crippen LogP contribution in [0.4, 0.5) is 29.7 Å². The van der Waals surface area contributed by atoms with E-state index in [1.807, 2.05) is 0 Å². The van der Waals surface area contributed by atoms with Gasteiger partial charge in [-0.15, -0.1) is 15.3 Å². The number of carbonyl (C=O) groups is 3. The van der Waals surface area contributed by atoms with Crippen LogP contribution < -0.4 is 21.1 Å². The topological polar surface area (TPSA) is 169 Å². The summed E-state index contributed by atoms with van der Waals surface area (Å²) < 4.78 is 47.6. The number of ether oxygens (including phenoxy) is 1. The van der Waals surface area contributed by atoms with Crippen LogP contribution in [-0.2, 0) is 38.3 Å². The summed E-state index contributed by atoms with van der Waals surface area (Å²) in [6, 6.07) is 2.59. The van der Waals surface area contributed by atoms with Crippen molar-refractivity contribution in [3.05, 3.63) is 61.2 Å². The number of hydrogen-bond acceptors (Lipinski definition) is 11. The van der Waals surface area contributed by atoms with Crippen molar-refractivity contribution in [1.82, 2.24) is 34.3 Å². The summed E-state index contributed by atoms with van der Waals surface area (Å²) in [6.45, 7) is 2.67. The molecule has 0 bridgehead atoms. The minimum atomic E-state index is -4.62. The molecule has 0 saturated carbocycles. The van der Waals surface area contributed by atoms with Crippen LogP contribution in [0.15, 0.2) is 29.1 Å². The van der Waals surface area contributed by atoms with Gasteiger partial charge in [-0.05, 0) is 48.2 Å². The second-order valence-corrected chi connectivity index (χ2v) is 13.0. The molecule has 4 aromatic rings. The zero-order chi connectivity index (χ0) is 35.7. The molecule has 0 atom stereocenters.